The van der Waals surface area contributed by atoms with Crippen molar-refractivity contribution in [3.05, 3.63) is 11.6 Å². The number of cyclic esters (lactones) is 1. The summed E-state index contributed by atoms with van der Waals surface area (Å²) in [5.74, 6) is 0.657. The first kappa shape index (κ1) is 19.1. The standard InChI is InChI=1S/C23H34O5/c1-21-7-5-15(24)10-14(21)3-4-17-18(21)11-19(25)22(2)16(6-8-23(17,22)27)13-9-20(26)28-12-13/h9,14-19,24-25,27H,3-8,10-12H2,1-2H3/t14?,15-,16+,17+,18?,19?,21-,22?,23-/m1/s1. The van der Waals surface area contributed by atoms with E-state index in [9.17, 15) is 20.1 Å². The highest BCUT2D eigenvalue weighted by Crippen LogP contribution is 2.69. The molecule has 1 aliphatic heterocycles. The molecule has 4 unspecified atom stereocenters. The minimum Gasteiger partial charge on any atom is -0.458 e. The van der Waals surface area contributed by atoms with Gasteiger partial charge in [0.15, 0.2) is 0 Å². The van der Waals surface area contributed by atoms with Crippen LogP contribution >= 0.6 is 0 Å². The zero-order chi connectivity index (χ0) is 19.9. The maximum Gasteiger partial charge on any atom is 0.331 e. The molecular formula is C23H34O5. The van der Waals surface area contributed by atoms with Gasteiger partial charge in [-0.15, -0.1) is 0 Å². The molecule has 0 aromatic carbocycles. The molecule has 28 heavy (non-hydrogen) atoms. The van der Waals surface area contributed by atoms with Crippen LogP contribution in [0.4, 0.5) is 0 Å². The summed E-state index contributed by atoms with van der Waals surface area (Å²) in [7, 11) is 0. The number of rotatable bonds is 1. The molecule has 156 valence electrons. The lowest BCUT2D eigenvalue weighted by Gasteiger charge is -2.64. The van der Waals surface area contributed by atoms with Gasteiger partial charge >= 0.3 is 5.97 Å². The zero-order valence-corrected chi connectivity index (χ0v) is 17.1. The van der Waals surface area contributed by atoms with Crippen LogP contribution < -0.4 is 0 Å². The minimum absolute atomic E-state index is 0.00129. The molecule has 5 nitrogen and oxygen atoms in total. The van der Waals surface area contributed by atoms with Crippen molar-refractivity contribution in [2.75, 3.05) is 6.61 Å². The van der Waals surface area contributed by atoms with E-state index >= 15 is 0 Å². The summed E-state index contributed by atoms with van der Waals surface area (Å²) in [6, 6.07) is 0. The van der Waals surface area contributed by atoms with Crippen LogP contribution in [0.25, 0.3) is 0 Å². The van der Waals surface area contributed by atoms with Crippen LogP contribution in [0.3, 0.4) is 0 Å². The number of carbonyl (C=O) groups excluding carboxylic acids is 1. The largest absolute Gasteiger partial charge is 0.458 e. The average Bonchev–Trinajstić information content (AvgIpc) is 3.19. The molecule has 0 spiro atoms. The first-order chi connectivity index (χ1) is 13.2. The predicted molar refractivity (Wildman–Crippen MR) is 103 cm³/mol. The molecule has 0 radical (unpaired) electrons. The Hall–Kier alpha value is -0.910. The van der Waals surface area contributed by atoms with E-state index in [-0.39, 0.29) is 29.3 Å². The maximum absolute atomic E-state index is 12.1. The van der Waals surface area contributed by atoms with E-state index in [4.69, 9.17) is 4.74 Å². The van der Waals surface area contributed by atoms with Crippen molar-refractivity contribution < 1.29 is 24.9 Å². The highest BCUT2D eigenvalue weighted by atomic mass is 16.5. The van der Waals surface area contributed by atoms with Crippen molar-refractivity contribution in [3.63, 3.8) is 0 Å². The Labute approximate surface area is 167 Å². The van der Waals surface area contributed by atoms with Crippen molar-refractivity contribution in [3.8, 4) is 0 Å². The monoisotopic (exact) mass is 390 g/mol. The highest BCUT2D eigenvalue weighted by Gasteiger charge is 2.70. The SMILES string of the molecule is CC12C(O)CC3[C@H](CCC4C[C@H](O)CC[C@]43C)[C@]1(O)CC[C@H]2C1=CC(=O)OC1. The topological polar surface area (TPSA) is 87.0 Å². The first-order valence-corrected chi connectivity index (χ1v) is 11.2. The fraction of sp³-hybridized carbons (Fsp3) is 0.870. The quantitative estimate of drug-likeness (QED) is 0.599. The fourth-order valence-electron chi connectivity index (χ4n) is 8.37. The number of fused-ring (bicyclic) bond motifs is 5. The Morgan fingerprint density at radius 3 is 2.54 bits per heavy atom. The first-order valence-electron chi connectivity index (χ1n) is 11.2. The molecule has 4 saturated carbocycles. The van der Waals surface area contributed by atoms with E-state index in [0.717, 1.165) is 44.1 Å². The smallest absolute Gasteiger partial charge is 0.331 e. The fourth-order valence-corrected chi connectivity index (χ4v) is 8.37. The van der Waals surface area contributed by atoms with Crippen molar-refractivity contribution in [2.45, 2.75) is 83.0 Å². The third-order valence-electron chi connectivity index (χ3n) is 10.0. The number of hydrogen-bond donors (Lipinski definition) is 3. The number of carbonyl (C=O) groups is 1. The summed E-state index contributed by atoms with van der Waals surface area (Å²) in [4.78, 5) is 11.6. The summed E-state index contributed by atoms with van der Waals surface area (Å²) in [6.07, 6.45) is 7.69. The Morgan fingerprint density at radius 1 is 1.04 bits per heavy atom. The zero-order valence-electron chi connectivity index (χ0n) is 17.1. The van der Waals surface area contributed by atoms with Gasteiger partial charge in [0.1, 0.15) is 6.61 Å². The summed E-state index contributed by atoms with van der Waals surface area (Å²) in [5, 5.41) is 33.7. The van der Waals surface area contributed by atoms with E-state index in [1.165, 1.54) is 0 Å². The lowest BCUT2D eigenvalue weighted by molar-refractivity contribution is -0.244. The van der Waals surface area contributed by atoms with Crippen LogP contribution in [-0.2, 0) is 9.53 Å². The van der Waals surface area contributed by atoms with Gasteiger partial charge in [-0.05, 0) is 86.0 Å². The second-order valence-electron chi connectivity index (χ2n) is 10.8. The van der Waals surface area contributed by atoms with E-state index in [2.05, 4.69) is 6.92 Å². The molecule has 5 heteroatoms. The second kappa shape index (κ2) is 6.05. The van der Waals surface area contributed by atoms with Crippen molar-refractivity contribution in [2.24, 2.45) is 34.5 Å². The van der Waals surface area contributed by atoms with E-state index in [1.807, 2.05) is 6.92 Å². The Morgan fingerprint density at radius 2 is 1.82 bits per heavy atom. The molecule has 0 saturated heterocycles. The Bertz CT molecular complexity index is 718. The number of esters is 1. The molecule has 3 N–H and O–H groups in total. The minimum atomic E-state index is -0.906. The summed E-state index contributed by atoms with van der Waals surface area (Å²) in [5.41, 5.74) is -0.507. The van der Waals surface area contributed by atoms with Crippen LogP contribution in [0.1, 0.15) is 65.2 Å². The molecule has 1 heterocycles. The second-order valence-corrected chi connectivity index (χ2v) is 10.8. The Balaban J connectivity index is 1.51. The molecule has 4 fully saturated rings. The highest BCUT2D eigenvalue weighted by molar-refractivity contribution is 5.85. The van der Waals surface area contributed by atoms with Gasteiger partial charge in [-0.3, -0.25) is 0 Å². The molecule has 5 rings (SSSR count). The van der Waals surface area contributed by atoms with Gasteiger partial charge in [0.05, 0.1) is 17.8 Å². The molecule has 0 bridgehead atoms. The predicted octanol–water partition coefficient (Wildman–Crippen LogP) is 2.58. The molecule has 4 aliphatic carbocycles. The normalized spacial score (nSPS) is 55.8. The molecule has 9 atom stereocenters. The number of aliphatic hydroxyl groups excluding tert-OH is 2. The number of ether oxygens (including phenoxy) is 1. The van der Waals surface area contributed by atoms with Gasteiger partial charge in [0.2, 0.25) is 0 Å². The lowest BCUT2D eigenvalue weighted by Crippen LogP contribution is -2.67. The number of aliphatic hydroxyl groups is 3. The molecular weight excluding hydrogens is 356 g/mol. The van der Waals surface area contributed by atoms with Crippen molar-refractivity contribution in [1.29, 1.82) is 0 Å². The van der Waals surface area contributed by atoms with Gasteiger partial charge in [-0.1, -0.05) is 13.8 Å². The van der Waals surface area contributed by atoms with Crippen molar-refractivity contribution >= 4 is 5.97 Å². The van der Waals surface area contributed by atoms with Crippen LogP contribution in [0, 0.1) is 34.5 Å². The molecule has 0 aromatic heterocycles. The van der Waals surface area contributed by atoms with E-state index in [1.54, 1.807) is 6.08 Å². The summed E-state index contributed by atoms with van der Waals surface area (Å²) >= 11 is 0. The number of hydrogen-bond acceptors (Lipinski definition) is 5. The van der Waals surface area contributed by atoms with Crippen LogP contribution in [0.2, 0.25) is 0 Å². The van der Waals surface area contributed by atoms with Gasteiger partial charge in [-0.25, -0.2) is 4.79 Å². The molecule has 0 amide bonds. The average molecular weight is 391 g/mol. The lowest BCUT2D eigenvalue weighted by atomic mass is 9.42. The van der Waals surface area contributed by atoms with Gasteiger partial charge in [0.25, 0.3) is 0 Å². The van der Waals surface area contributed by atoms with Crippen LogP contribution in [0.5, 0.6) is 0 Å². The van der Waals surface area contributed by atoms with Gasteiger partial charge < -0.3 is 20.1 Å². The summed E-state index contributed by atoms with van der Waals surface area (Å²) in [6.45, 7) is 4.69. The molecule has 0 aromatic rings. The third kappa shape index (κ3) is 2.27. The van der Waals surface area contributed by atoms with E-state index in [0.29, 0.717) is 31.3 Å². The van der Waals surface area contributed by atoms with Crippen LogP contribution in [0.15, 0.2) is 11.6 Å². The van der Waals surface area contributed by atoms with E-state index < -0.39 is 17.1 Å². The summed E-state index contributed by atoms with van der Waals surface area (Å²) < 4.78 is 5.16. The maximum atomic E-state index is 12.1. The molecule has 5 aliphatic rings. The van der Waals surface area contributed by atoms with Crippen LogP contribution in [-0.4, -0.2) is 45.7 Å². The Kier molecular flexibility index (Phi) is 4.12. The van der Waals surface area contributed by atoms with Crippen molar-refractivity contribution in [1.82, 2.24) is 0 Å². The van der Waals surface area contributed by atoms with Gasteiger partial charge in [0, 0.05) is 11.5 Å². The van der Waals surface area contributed by atoms with Gasteiger partial charge in [-0.2, -0.15) is 0 Å². The third-order valence-corrected chi connectivity index (χ3v) is 10.0.